The van der Waals surface area contributed by atoms with Crippen molar-refractivity contribution >= 4 is 5.69 Å². The normalized spacial score (nSPS) is 34.9. The second-order valence-corrected chi connectivity index (χ2v) is 7.95. The van der Waals surface area contributed by atoms with Gasteiger partial charge in [0.25, 0.3) is 0 Å². The Bertz CT molecular complexity index is 575. The van der Waals surface area contributed by atoms with Crippen LogP contribution in [-0.4, -0.2) is 14.1 Å². The fourth-order valence-corrected chi connectivity index (χ4v) is 5.87. The van der Waals surface area contributed by atoms with Gasteiger partial charge in [-0.15, -0.1) is 17.7 Å². The van der Waals surface area contributed by atoms with Crippen LogP contribution in [0.25, 0.3) is 0 Å². The molecule has 2 heteroatoms. The maximum Gasteiger partial charge on any atom is 1.00 e. The van der Waals surface area contributed by atoms with Gasteiger partial charge < -0.3 is 11.3 Å². The smallest absolute Gasteiger partial charge is 0.378 e. The van der Waals surface area contributed by atoms with E-state index in [0.717, 1.165) is 23.3 Å². The summed E-state index contributed by atoms with van der Waals surface area (Å²) in [7, 11) is 4.29. The molecule has 4 fully saturated rings. The van der Waals surface area contributed by atoms with E-state index in [1.54, 1.807) is 0 Å². The van der Waals surface area contributed by atoms with Gasteiger partial charge in [0.05, 0.1) is 0 Å². The number of anilines is 1. The minimum atomic E-state index is 0. The number of rotatable bonds is 2. The van der Waals surface area contributed by atoms with Gasteiger partial charge in [-0.2, -0.15) is 0 Å². The molecule has 0 N–H and O–H groups in total. The first-order valence-corrected chi connectivity index (χ1v) is 8.34. The van der Waals surface area contributed by atoms with E-state index in [1.165, 1.54) is 49.8 Å². The van der Waals surface area contributed by atoms with Crippen LogP contribution in [0.4, 0.5) is 5.69 Å². The van der Waals surface area contributed by atoms with E-state index in [1.807, 2.05) is 6.07 Å². The Morgan fingerprint density at radius 1 is 1.05 bits per heavy atom. The van der Waals surface area contributed by atoms with Crippen LogP contribution in [0, 0.1) is 30.1 Å². The summed E-state index contributed by atoms with van der Waals surface area (Å²) in [4.78, 5) is 2.25. The first kappa shape index (κ1) is 16.2. The van der Waals surface area contributed by atoms with E-state index in [0.29, 0.717) is 5.41 Å². The van der Waals surface area contributed by atoms with E-state index >= 15 is 0 Å². The average Bonchev–Trinajstić information content (AvgIpc) is 2.45. The molecule has 4 aliphatic carbocycles. The molecule has 1 aromatic carbocycles. The van der Waals surface area contributed by atoms with Crippen LogP contribution in [0.15, 0.2) is 18.2 Å². The van der Waals surface area contributed by atoms with Gasteiger partial charge in [-0.3, -0.25) is 5.92 Å². The largest absolute Gasteiger partial charge is 1.00 e. The van der Waals surface area contributed by atoms with E-state index in [9.17, 15) is 0 Å². The zero-order chi connectivity index (χ0) is 14.6. The Morgan fingerprint density at radius 2 is 1.59 bits per heavy atom. The molecule has 0 unspecified atom stereocenters. The number of hydrogen-bond donors (Lipinski definition) is 0. The molecule has 120 valence electrons. The molecular weight excluding hydrogens is 362 g/mol. The van der Waals surface area contributed by atoms with Crippen LogP contribution in [0.5, 0.6) is 0 Å². The van der Waals surface area contributed by atoms with Crippen LogP contribution in [-0.2, 0) is 27.8 Å². The maximum atomic E-state index is 7.49. The second-order valence-electron chi connectivity index (χ2n) is 7.95. The van der Waals surface area contributed by atoms with Crippen LogP contribution in [0.3, 0.4) is 0 Å². The molecule has 0 spiro atoms. The van der Waals surface area contributed by atoms with Gasteiger partial charge in [0.15, 0.2) is 0 Å². The van der Waals surface area contributed by atoms with E-state index in [-0.39, 0.29) is 22.4 Å². The molecule has 0 heterocycles. The molecule has 0 amide bonds. The predicted molar refractivity (Wildman–Crippen MR) is 86.9 cm³/mol. The molecular formula is C20H24AgN. The maximum absolute atomic E-state index is 7.49. The van der Waals surface area contributed by atoms with Gasteiger partial charge in [-0.25, -0.2) is 0 Å². The van der Waals surface area contributed by atoms with Crippen molar-refractivity contribution in [3.05, 3.63) is 35.7 Å². The Kier molecular flexibility index (Phi) is 4.23. The van der Waals surface area contributed by atoms with Crippen molar-refractivity contribution in [3.8, 4) is 5.92 Å². The van der Waals surface area contributed by atoms with Crippen molar-refractivity contribution in [1.29, 1.82) is 0 Å². The molecule has 0 atom stereocenters. The van der Waals surface area contributed by atoms with Crippen molar-refractivity contribution in [3.63, 3.8) is 0 Å². The predicted octanol–water partition coefficient (Wildman–Crippen LogP) is 4.16. The zero-order valence-corrected chi connectivity index (χ0v) is 14.9. The first-order valence-electron chi connectivity index (χ1n) is 8.34. The molecule has 4 bridgehead atoms. The zero-order valence-electron chi connectivity index (χ0n) is 13.5. The third kappa shape index (κ3) is 2.46. The minimum absolute atomic E-state index is 0. The van der Waals surface area contributed by atoms with Gasteiger partial charge in [0, 0.05) is 19.8 Å². The molecule has 5 rings (SSSR count). The molecule has 0 radical (unpaired) electrons. The standard InChI is InChI=1S/C20H24N.Ag/c1-4-14-5-6-19(21(2)3)18(10-14)20-11-15-7-16(12-20)9-17(8-15)13-20;/h5-6,10,15-17H,7-9,11-13H2,2-3H3;/q-1;+1. The van der Waals surface area contributed by atoms with Crippen LogP contribution in [0.2, 0.25) is 0 Å². The Morgan fingerprint density at radius 3 is 2.05 bits per heavy atom. The van der Waals surface area contributed by atoms with Crippen molar-refractivity contribution in [2.45, 2.75) is 43.9 Å². The van der Waals surface area contributed by atoms with Crippen LogP contribution < -0.4 is 4.90 Å². The van der Waals surface area contributed by atoms with Crippen molar-refractivity contribution in [2.75, 3.05) is 19.0 Å². The van der Waals surface area contributed by atoms with Crippen LogP contribution in [0.1, 0.15) is 49.7 Å². The topological polar surface area (TPSA) is 3.24 Å². The number of benzene rings is 1. The summed E-state index contributed by atoms with van der Waals surface area (Å²) in [5.41, 5.74) is 4.19. The Hall–Kier alpha value is -0.680. The summed E-state index contributed by atoms with van der Waals surface area (Å²) in [6.07, 6.45) is 16.1. The molecule has 4 saturated carbocycles. The molecule has 4 aliphatic rings. The molecule has 0 aromatic heterocycles. The van der Waals surface area contributed by atoms with Crippen molar-refractivity contribution in [1.82, 2.24) is 0 Å². The van der Waals surface area contributed by atoms with Crippen LogP contribution >= 0.6 is 0 Å². The Balaban J connectivity index is 0.00000144. The van der Waals surface area contributed by atoms with Crippen molar-refractivity contribution in [2.24, 2.45) is 17.8 Å². The molecule has 22 heavy (non-hydrogen) atoms. The van der Waals surface area contributed by atoms with Gasteiger partial charge >= 0.3 is 22.4 Å². The summed E-state index contributed by atoms with van der Waals surface area (Å²) >= 11 is 0. The summed E-state index contributed by atoms with van der Waals surface area (Å²) in [6, 6.07) is 6.49. The fourth-order valence-electron chi connectivity index (χ4n) is 5.87. The van der Waals surface area contributed by atoms with E-state index < -0.39 is 0 Å². The molecule has 0 saturated heterocycles. The van der Waals surface area contributed by atoms with Gasteiger partial charge in [-0.05, 0) is 67.3 Å². The molecule has 1 nitrogen and oxygen atoms in total. The summed E-state index contributed by atoms with van der Waals surface area (Å²) in [5, 5.41) is 0. The first-order chi connectivity index (χ1) is 10.1. The number of hydrogen-bond acceptors (Lipinski definition) is 1. The monoisotopic (exact) mass is 385 g/mol. The summed E-state index contributed by atoms with van der Waals surface area (Å²) < 4.78 is 0. The summed E-state index contributed by atoms with van der Waals surface area (Å²) in [6.45, 7) is 0. The SMILES string of the molecule is [Ag+].[C-]#Cc1ccc(N(C)C)c(C23CC4CC(CC(C4)C2)C3)c1. The van der Waals surface area contributed by atoms with Gasteiger partial charge in [0.2, 0.25) is 0 Å². The van der Waals surface area contributed by atoms with Crippen molar-refractivity contribution < 1.29 is 22.4 Å². The third-order valence-corrected chi connectivity index (χ3v) is 6.23. The quantitative estimate of drug-likeness (QED) is 0.419. The molecule has 0 aliphatic heterocycles. The average molecular weight is 386 g/mol. The third-order valence-electron chi connectivity index (χ3n) is 6.23. The van der Waals surface area contributed by atoms with E-state index in [2.05, 4.69) is 37.0 Å². The molecule has 1 aromatic rings. The Labute approximate surface area is 150 Å². The van der Waals surface area contributed by atoms with Gasteiger partial charge in [0.1, 0.15) is 0 Å². The van der Waals surface area contributed by atoms with E-state index in [4.69, 9.17) is 6.42 Å². The van der Waals surface area contributed by atoms with Gasteiger partial charge in [-0.1, -0.05) is 6.07 Å². The second kappa shape index (κ2) is 5.75. The number of nitrogens with zero attached hydrogens (tertiary/aromatic N) is 1. The summed E-state index contributed by atoms with van der Waals surface area (Å²) in [5.74, 6) is 5.47. The fraction of sp³-hybridized carbons (Fsp3) is 0.600. The minimum Gasteiger partial charge on any atom is -0.378 e.